The summed E-state index contributed by atoms with van der Waals surface area (Å²) in [6.07, 6.45) is 1.27. The van der Waals surface area contributed by atoms with Gasteiger partial charge >= 0.3 is 5.97 Å². The van der Waals surface area contributed by atoms with Crippen LogP contribution in [0.2, 0.25) is 0 Å². The highest BCUT2D eigenvalue weighted by Gasteiger charge is 2.29. The molecule has 0 bridgehead atoms. The molecule has 5 rings (SSSR count). The lowest BCUT2D eigenvalue weighted by atomic mass is 10.0. The molecule has 0 spiro atoms. The van der Waals surface area contributed by atoms with Gasteiger partial charge in [-0.25, -0.2) is 14.8 Å². The third-order valence-corrected chi connectivity index (χ3v) is 8.94. The first-order chi connectivity index (χ1) is 23.7. The molecule has 11 nitrogen and oxygen atoms in total. The largest absolute Gasteiger partial charge is 0.497 e. The second-order valence-corrected chi connectivity index (χ2v) is 12.7. The van der Waals surface area contributed by atoms with Gasteiger partial charge in [0.05, 0.1) is 20.8 Å². The van der Waals surface area contributed by atoms with E-state index in [1.807, 2.05) is 66.9 Å². The Labute approximate surface area is 290 Å². The first kappa shape index (κ1) is 35.2. The molecule has 0 aliphatic carbocycles. The minimum absolute atomic E-state index is 0.00687. The van der Waals surface area contributed by atoms with E-state index >= 15 is 0 Å². The quantitative estimate of drug-likeness (QED) is 0.138. The van der Waals surface area contributed by atoms with E-state index in [4.69, 9.17) is 14.2 Å². The van der Waals surface area contributed by atoms with E-state index in [1.54, 1.807) is 37.3 Å². The number of nitrogens with zero attached hydrogens (tertiary/aromatic N) is 3. The summed E-state index contributed by atoms with van der Waals surface area (Å²) in [5, 5.41) is 9.41. The zero-order valence-electron chi connectivity index (χ0n) is 28.1. The smallest absolute Gasteiger partial charge is 0.334 e. The Morgan fingerprint density at radius 1 is 1.02 bits per heavy atom. The van der Waals surface area contributed by atoms with Gasteiger partial charge in [-0.3, -0.25) is 9.59 Å². The Bertz CT molecular complexity index is 1790. The lowest BCUT2D eigenvalue weighted by molar-refractivity contribution is -0.142. The number of aryl methyl sites for hydroxylation is 1. The third-order valence-electron chi connectivity index (χ3n) is 7.99. The molecule has 0 saturated carbocycles. The lowest BCUT2D eigenvalue weighted by Crippen LogP contribution is -2.39. The monoisotopic (exact) mass is 683 g/mol. The number of nitrogens with one attached hydrogen (secondary N) is 2. The van der Waals surface area contributed by atoms with Crippen molar-refractivity contribution in [2.75, 3.05) is 34.4 Å². The fourth-order valence-corrected chi connectivity index (χ4v) is 6.27. The number of aromatic nitrogens is 1. The van der Waals surface area contributed by atoms with Gasteiger partial charge < -0.3 is 29.7 Å². The molecule has 1 aromatic heterocycles. The van der Waals surface area contributed by atoms with Crippen molar-refractivity contribution in [3.8, 4) is 5.75 Å². The topological polar surface area (TPSA) is 131 Å². The van der Waals surface area contributed by atoms with E-state index in [0.29, 0.717) is 38.0 Å². The van der Waals surface area contributed by atoms with Gasteiger partial charge in [0.15, 0.2) is 6.04 Å². The number of carbonyl (C=O) groups excluding carboxylic acids is 3. The molecule has 0 fully saturated rings. The Balaban J connectivity index is 1.37. The number of methoxy groups -OCH3 is 2. The minimum atomic E-state index is -0.827. The number of aliphatic imine (C=N–C) groups is 1. The van der Waals surface area contributed by atoms with Crippen LogP contribution in [-0.4, -0.2) is 80.1 Å². The maximum Gasteiger partial charge on any atom is 0.334 e. The zero-order chi connectivity index (χ0) is 34.8. The van der Waals surface area contributed by atoms with Crippen molar-refractivity contribution in [1.29, 1.82) is 0 Å². The summed E-state index contributed by atoms with van der Waals surface area (Å²) < 4.78 is 15.9. The van der Waals surface area contributed by atoms with Crippen LogP contribution in [0.15, 0.2) is 83.2 Å². The van der Waals surface area contributed by atoms with Gasteiger partial charge in [0.25, 0.3) is 11.8 Å². The highest BCUT2D eigenvalue weighted by molar-refractivity contribution is 7.09. The number of hydrogen-bond acceptors (Lipinski definition) is 10. The summed E-state index contributed by atoms with van der Waals surface area (Å²) >= 11 is 1.48. The van der Waals surface area contributed by atoms with Gasteiger partial charge in [0.1, 0.15) is 17.4 Å². The lowest BCUT2D eigenvalue weighted by Gasteiger charge is -2.21. The number of hydrogen-bond donors (Lipinski definition) is 2. The van der Waals surface area contributed by atoms with Crippen molar-refractivity contribution in [2.45, 2.75) is 44.9 Å². The van der Waals surface area contributed by atoms with Crippen LogP contribution in [0.1, 0.15) is 54.5 Å². The molecule has 3 aromatic carbocycles. The van der Waals surface area contributed by atoms with Crippen LogP contribution in [0, 0.1) is 6.92 Å². The summed E-state index contributed by atoms with van der Waals surface area (Å²) in [5.74, 6) is -0.199. The average molecular weight is 684 g/mol. The summed E-state index contributed by atoms with van der Waals surface area (Å²) in [6.45, 7) is 3.53. The highest BCUT2D eigenvalue weighted by atomic mass is 32.1. The highest BCUT2D eigenvalue weighted by Crippen LogP contribution is 2.20. The number of amides is 2. The van der Waals surface area contributed by atoms with Crippen LogP contribution >= 0.6 is 11.3 Å². The van der Waals surface area contributed by atoms with Crippen molar-refractivity contribution < 1.29 is 28.6 Å². The second kappa shape index (κ2) is 16.8. The molecular formula is C37H41N5O6S. The Morgan fingerprint density at radius 3 is 2.53 bits per heavy atom. The molecule has 1 aliphatic rings. The normalized spacial score (nSPS) is 14.4. The molecule has 4 aromatic rings. The summed E-state index contributed by atoms with van der Waals surface area (Å²) in [4.78, 5) is 50.2. The molecule has 2 amide bonds. The van der Waals surface area contributed by atoms with Crippen molar-refractivity contribution in [1.82, 2.24) is 20.5 Å². The van der Waals surface area contributed by atoms with Gasteiger partial charge in [-0.2, -0.15) is 0 Å². The van der Waals surface area contributed by atoms with Crippen LogP contribution in [0.4, 0.5) is 0 Å². The summed E-state index contributed by atoms with van der Waals surface area (Å²) in [7, 11) is 4.63. The van der Waals surface area contributed by atoms with Gasteiger partial charge in [-0.05, 0) is 67.8 Å². The van der Waals surface area contributed by atoms with E-state index in [2.05, 4.69) is 20.6 Å². The maximum absolute atomic E-state index is 14.0. The molecule has 0 unspecified atom stereocenters. The number of esters is 1. The first-order valence-corrected chi connectivity index (χ1v) is 16.9. The number of ether oxygens (including phenoxy) is 3. The van der Waals surface area contributed by atoms with E-state index in [1.165, 1.54) is 18.4 Å². The molecule has 1 aliphatic heterocycles. The molecule has 2 N–H and O–H groups in total. The molecule has 12 heteroatoms. The molecule has 0 saturated heterocycles. The molecule has 0 radical (unpaired) electrons. The van der Waals surface area contributed by atoms with Gasteiger partial charge in [-0.15, -0.1) is 11.3 Å². The van der Waals surface area contributed by atoms with Crippen molar-refractivity contribution in [3.05, 3.63) is 117 Å². The van der Waals surface area contributed by atoms with Crippen LogP contribution in [-0.2, 0) is 33.8 Å². The standard InChI is InChI=1S/C37H41N5O6S/c1-24-23-49-33(39-24)21-42(2)36(44)29-18-27(17-28(19-29)35-41-32(22-48-35)37(45)47-4)34(43)40-30(15-25-9-6-5-7-10-25)13-14-38-20-26-11-8-12-31(16-26)46-3/h5-12,16-19,23,30,32,38H,13-15,20-22H2,1-4H3,(H,40,43)/t30-,32+/m1/s1. The SMILES string of the molecule is COC(=O)[C@@H]1COC(c2cc(C(=O)N[C@H](CCNCc3cccc(OC)c3)Cc3ccccc3)cc(C(=O)N(C)Cc3nc(C)cs3)c2)=N1. The average Bonchev–Trinajstić information content (AvgIpc) is 3.79. The van der Waals surface area contributed by atoms with Gasteiger partial charge in [0.2, 0.25) is 5.90 Å². The van der Waals surface area contributed by atoms with Gasteiger partial charge in [-0.1, -0.05) is 42.5 Å². The van der Waals surface area contributed by atoms with Crippen LogP contribution in [0.3, 0.4) is 0 Å². The number of benzene rings is 3. The van der Waals surface area contributed by atoms with Crippen molar-refractivity contribution in [3.63, 3.8) is 0 Å². The molecule has 49 heavy (non-hydrogen) atoms. The Hall–Kier alpha value is -5.07. The van der Waals surface area contributed by atoms with Crippen LogP contribution < -0.4 is 15.4 Å². The van der Waals surface area contributed by atoms with E-state index in [0.717, 1.165) is 27.6 Å². The zero-order valence-corrected chi connectivity index (χ0v) is 28.9. The first-order valence-electron chi connectivity index (χ1n) is 16.0. The molecule has 256 valence electrons. The summed E-state index contributed by atoms with van der Waals surface area (Å²) in [5.41, 5.74) is 4.05. The Morgan fingerprint density at radius 2 is 1.80 bits per heavy atom. The van der Waals surface area contributed by atoms with Crippen LogP contribution in [0.25, 0.3) is 0 Å². The number of thiazole rings is 1. The summed E-state index contributed by atoms with van der Waals surface area (Å²) in [6, 6.07) is 21.7. The van der Waals surface area contributed by atoms with E-state index in [-0.39, 0.29) is 41.5 Å². The maximum atomic E-state index is 14.0. The van der Waals surface area contributed by atoms with Crippen molar-refractivity contribution >= 4 is 35.0 Å². The molecule has 2 heterocycles. The van der Waals surface area contributed by atoms with E-state index in [9.17, 15) is 14.4 Å². The van der Waals surface area contributed by atoms with E-state index < -0.39 is 12.0 Å². The van der Waals surface area contributed by atoms with Crippen molar-refractivity contribution in [2.24, 2.45) is 4.99 Å². The second-order valence-electron chi connectivity index (χ2n) is 11.8. The van der Waals surface area contributed by atoms with Crippen LogP contribution in [0.5, 0.6) is 5.75 Å². The molecular weight excluding hydrogens is 643 g/mol. The Kier molecular flexibility index (Phi) is 12.1. The predicted octanol–water partition coefficient (Wildman–Crippen LogP) is 4.57. The number of carbonyl (C=O) groups is 3. The third kappa shape index (κ3) is 9.74. The molecule has 2 atom stereocenters. The number of rotatable bonds is 15. The fourth-order valence-electron chi connectivity index (χ4n) is 5.45. The fraction of sp³-hybridized carbons (Fsp3) is 0.324. The predicted molar refractivity (Wildman–Crippen MR) is 188 cm³/mol. The van der Waals surface area contributed by atoms with Gasteiger partial charge in [0, 0.05) is 47.4 Å². The minimum Gasteiger partial charge on any atom is -0.497 e.